The molecule has 0 saturated carbocycles. The van der Waals surface area contributed by atoms with Crippen LogP contribution >= 0.6 is 0 Å². The molecule has 13 heavy (non-hydrogen) atoms. The van der Waals surface area contributed by atoms with E-state index in [2.05, 4.69) is 0 Å². The Kier molecular flexibility index (Phi) is 2.06. The molecular weight excluding hydrogens is 171 g/mol. The van der Waals surface area contributed by atoms with Crippen LogP contribution in [0.3, 0.4) is 0 Å². The molecule has 1 heterocycles. The number of hydrogen-bond donors (Lipinski definition) is 1. The van der Waals surface area contributed by atoms with E-state index < -0.39 is 0 Å². The molecule has 0 bridgehead atoms. The van der Waals surface area contributed by atoms with Crippen molar-refractivity contribution in [3.63, 3.8) is 0 Å². The lowest BCUT2D eigenvalue weighted by Crippen LogP contribution is -2.17. The summed E-state index contributed by atoms with van der Waals surface area (Å²) in [4.78, 5) is 5.26. The van der Waals surface area contributed by atoms with Crippen molar-refractivity contribution in [3.8, 4) is 0 Å². The summed E-state index contributed by atoms with van der Waals surface area (Å²) in [5, 5.41) is 1.64. The van der Waals surface area contributed by atoms with Crippen LogP contribution in [0.15, 0.2) is 18.2 Å². The van der Waals surface area contributed by atoms with Crippen LogP contribution < -0.4 is 10.8 Å². The molecule has 4 heteroatoms. The van der Waals surface area contributed by atoms with Crippen molar-refractivity contribution in [2.45, 2.75) is 6.42 Å². The van der Waals surface area contributed by atoms with Gasteiger partial charge in [-0.3, -0.25) is 9.90 Å². The van der Waals surface area contributed by atoms with E-state index in [4.69, 9.17) is 10.6 Å². The van der Waals surface area contributed by atoms with Crippen molar-refractivity contribution in [1.29, 1.82) is 0 Å². The van der Waals surface area contributed by atoms with Crippen molar-refractivity contribution < 1.29 is 9.23 Å². The summed E-state index contributed by atoms with van der Waals surface area (Å²) in [6, 6.07) is 4.28. The molecule has 1 fully saturated rings. The molecule has 0 atom stereocenters. The van der Waals surface area contributed by atoms with E-state index in [9.17, 15) is 4.39 Å². The molecule has 0 amide bonds. The first kappa shape index (κ1) is 8.31. The quantitative estimate of drug-likeness (QED) is 0.670. The monoisotopic (exact) mass is 182 g/mol. The lowest BCUT2D eigenvalue weighted by molar-refractivity contribution is 0.168. The highest BCUT2D eigenvalue weighted by atomic mass is 19.1. The summed E-state index contributed by atoms with van der Waals surface area (Å²) < 4.78 is 12.9. The number of halogens is 1. The molecule has 0 spiro atoms. The van der Waals surface area contributed by atoms with Crippen molar-refractivity contribution in [2.24, 2.45) is 0 Å². The fraction of sp³-hybridized carbons (Fsp3) is 0.333. The second-order valence-electron chi connectivity index (χ2n) is 2.99. The standard InChI is InChI=1S/C9H11FN2O/c10-7-2-3-8(11)9(6-7)12-4-1-5-13-12/h2-3,6H,1,4-5,11H2. The van der Waals surface area contributed by atoms with Gasteiger partial charge in [-0.1, -0.05) is 0 Å². The third kappa shape index (κ3) is 1.58. The van der Waals surface area contributed by atoms with Crippen LogP contribution in [0.4, 0.5) is 15.8 Å². The Morgan fingerprint density at radius 2 is 2.31 bits per heavy atom. The van der Waals surface area contributed by atoms with Gasteiger partial charge in [0, 0.05) is 12.6 Å². The zero-order valence-corrected chi connectivity index (χ0v) is 7.16. The molecule has 0 radical (unpaired) electrons. The lowest BCUT2D eigenvalue weighted by Gasteiger charge is -2.17. The van der Waals surface area contributed by atoms with Crippen molar-refractivity contribution in [3.05, 3.63) is 24.0 Å². The maximum Gasteiger partial charge on any atom is 0.125 e. The molecule has 0 aromatic heterocycles. The number of anilines is 2. The van der Waals surface area contributed by atoms with Gasteiger partial charge in [-0.05, 0) is 18.6 Å². The minimum atomic E-state index is -0.292. The number of nitrogens with zero attached hydrogens (tertiary/aromatic N) is 1. The first-order chi connectivity index (χ1) is 6.27. The largest absolute Gasteiger partial charge is 0.397 e. The van der Waals surface area contributed by atoms with Crippen molar-refractivity contribution in [1.82, 2.24) is 0 Å². The topological polar surface area (TPSA) is 38.5 Å². The molecule has 70 valence electrons. The van der Waals surface area contributed by atoms with E-state index in [1.807, 2.05) is 0 Å². The normalized spacial score (nSPS) is 16.5. The first-order valence-electron chi connectivity index (χ1n) is 4.23. The summed E-state index contributed by atoms with van der Waals surface area (Å²) in [7, 11) is 0. The van der Waals surface area contributed by atoms with E-state index in [0.717, 1.165) is 13.0 Å². The molecule has 0 aliphatic carbocycles. The second-order valence-corrected chi connectivity index (χ2v) is 2.99. The van der Waals surface area contributed by atoms with E-state index in [1.165, 1.54) is 12.1 Å². The SMILES string of the molecule is Nc1ccc(F)cc1N1CCCO1. The summed E-state index contributed by atoms with van der Waals surface area (Å²) >= 11 is 0. The molecule has 1 aliphatic rings. The van der Waals surface area contributed by atoms with Gasteiger partial charge in [0.2, 0.25) is 0 Å². The van der Waals surface area contributed by atoms with Gasteiger partial charge < -0.3 is 5.73 Å². The maximum atomic E-state index is 12.9. The smallest absolute Gasteiger partial charge is 0.125 e. The highest BCUT2D eigenvalue weighted by Crippen LogP contribution is 2.26. The van der Waals surface area contributed by atoms with Gasteiger partial charge in [-0.25, -0.2) is 4.39 Å². The van der Waals surface area contributed by atoms with Gasteiger partial charge in [-0.15, -0.1) is 0 Å². The number of nitrogens with two attached hydrogens (primary N) is 1. The van der Waals surface area contributed by atoms with E-state index in [1.54, 1.807) is 11.1 Å². The Morgan fingerprint density at radius 1 is 1.46 bits per heavy atom. The van der Waals surface area contributed by atoms with Crippen molar-refractivity contribution >= 4 is 11.4 Å². The fourth-order valence-corrected chi connectivity index (χ4v) is 1.37. The Hall–Kier alpha value is -1.29. The van der Waals surface area contributed by atoms with Gasteiger partial charge in [0.05, 0.1) is 18.0 Å². The Labute approximate surface area is 75.9 Å². The highest BCUT2D eigenvalue weighted by molar-refractivity contribution is 5.66. The first-order valence-corrected chi connectivity index (χ1v) is 4.23. The fourth-order valence-electron chi connectivity index (χ4n) is 1.37. The third-order valence-corrected chi connectivity index (χ3v) is 2.01. The lowest BCUT2D eigenvalue weighted by atomic mass is 10.2. The Bertz CT molecular complexity index is 310. The average molecular weight is 182 g/mol. The third-order valence-electron chi connectivity index (χ3n) is 2.01. The molecule has 1 saturated heterocycles. The number of benzene rings is 1. The predicted octanol–water partition coefficient (Wildman–Crippen LogP) is 1.55. The van der Waals surface area contributed by atoms with Crippen LogP contribution in [-0.2, 0) is 4.84 Å². The molecule has 2 rings (SSSR count). The summed E-state index contributed by atoms with van der Waals surface area (Å²) in [5.41, 5.74) is 6.85. The average Bonchev–Trinajstić information content (AvgIpc) is 2.61. The molecule has 0 unspecified atom stereocenters. The van der Waals surface area contributed by atoms with Gasteiger partial charge >= 0.3 is 0 Å². The predicted molar refractivity (Wildman–Crippen MR) is 48.7 cm³/mol. The van der Waals surface area contributed by atoms with Gasteiger partial charge in [0.1, 0.15) is 5.82 Å². The highest BCUT2D eigenvalue weighted by Gasteiger charge is 2.16. The zero-order valence-electron chi connectivity index (χ0n) is 7.16. The number of nitrogen functional groups attached to an aromatic ring is 1. The molecule has 2 N–H and O–H groups in total. The van der Waals surface area contributed by atoms with Gasteiger partial charge in [0.25, 0.3) is 0 Å². The number of rotatable bonds is 1. The zero-order chi connectivity index (χ0) is 9.26. The van der Waals surface area contributed by atoms with E-state index in [-0.39, 0.29) is 5.82 Å². The van der Waals surface area contributed by atoms with Crippen LogP contribution in [-0.4, -0.2) is 13.2 Å². The number of hydrogen-bond acceptors (Lipinski definition) is 3. The van der Waals surface area contributed by atoms with Crippen LogP contribution in [0.5, 0.6) is 0 Å². The summed E-state index contributed by atoms with van der Waals surface area (Å²) in [6.45, 7) is 1.45. The van der Waals surface area contributed by atoms with Crippen LogP contribution in [0.1, 0.15) is 6.42 Å². The van der Waals surface area contributed by atoms with Crippen molar-refractivity contribution in [2.75, 3.05) is 23.9 Å². The van der Waals surface area contributed by atoms with Gasteiger partial charge in [-0.2, -0.15) is 0 Å². The van der Waals surface area contributed by atoms with Crippen LogP contribution in [0, 0.1) is 5.82 Å². The molecular formula is C9H11FN2O. The molecule has 3 nitrogen and oxygen atoms in total. The van der Waals surface area contributed by atoms with E-state index >= 15 is 0 Å². The molecule has 1 aliphatic heterocycles. The summed E-state index contributed by atoms with van der Waals surface area (Å²) in [5.74, 6) is -0.292. The maximum absolute atomic E-state index is 12.9. The Morgan fingerprint density at radius 3 is 3.00 bits per heavy atom. The number of hydroxylamine groups is 1. The second kappa shape index (κ2) is 3.22. The minimum Gasteiger partial charge on any atom is -0.397 e. The minimum absolute atomic E-state index is 0.292. The van der Waals surface area contributed by atoms with Crippen LogP contribution in [0.2, 0.25) is 0 Å². The molecule has 1 aromatic rings. The Balaban J connectivity index is 2.32. The van der Waals surface area contributed by atoms with E-state index in [0.29, 0.717) is 18.0 Å². The van der Waals surface area contributed by atoms with Gasteiger partial charge in [0.15, 0.2) is 0 Å². The molecule has 1 aromatic carbocycles. The van der Waals surface area contributed by atoms with Crippen LogP contribution in [0.25, 0.3) is 0 Å². The summed E-state index contributed by atoms with van der Waals surface area (Å²) in [6.07, 6.45) is 0.954.